The van der Waals surface area contributed by atoms with Gasteiger partial charge in [0.2, 0.25) is 0 Å². The molecule has 2 heterocycles. The Kier molecular flexibility index (Phi) is 4.69. The molecule has 0 amide bonds. The van der Waals surface area contributed by atoms with Gasteiger partial charge in [-0.05, 0) is 22.3 Å². The molecule has 2 aromatic heterocycles. The first kappa shape index (κ1) is 16.0. The van der Waals surface area contributed by atoms with Gasteiger partial charge in [0, 0.05) is 37.9 Å². The number of aromatic nitrogens is 4. The Balaban J connectivity index is 1.52. The van der Waals surface area contributed by atoms with E-state index in [2.05, 4.69) is 73.4 Å². The molecular formula is C21H19N5. The maximum Gasteiger partial charge on any atom is 0.144 e. The van der Waals surface area contributed by atoms with Crippen LogP contribution in [0.2, 0.25) is 0 Å². The second-order valence-corrected chi connectivity index (χ2v) is 6.03. The number of nitrogens with zero attached hydrogens (tertiary/aromatic N) is 4. The van der Waals surface area contributed by atoms with E-state index in [1.807, 2.05) is 12.5 Å². The van der Waals surface area contributed by atoms with E-state index >= 15 is 0 Å². The minimum absolute atomic E-state index is 0.700. The highest BCUT2D eigenvalue weighted by Gasteiger charge is 2.05. The van der Waals surface area contributed by atoms with Gasteiger partial charge in [-0.2, -0.15) is 0 Å². The maximum atomic E-state index is 4.26. The number of imidazole rings is 1. The summed E-state index contributed by atoms with van der Waals surface area (Å²) in [5.41, 5.74) is 4.90. The molecule has 0 aliphatic heterocycles. The molecule has 0 saturated heterocycles. The smallest absolute Gasteiger partial charge is 0.144 e. The van der Waals surface area contributed by atoms with Crippen molar-refractivity contribution in [3.05, 3.63) is 97.0 Å². The summed E-state index contributed by atoms with van der Waals surface area (Å²) in [6.07, 6.45) is 10.7. The van der Waals surface area contributed by atoms with E-state index in [0.29, 0.717) is 6.54 Å². The zero-order valence-electron chi connectivity index (χ0n) is 14.3. The summed E-state index contributed by atoms with van der Waals surface area (Å²) in [7, 11) is 0. The average Bonchev–Trinajstić information content (AvgIpc) is 3.21. The van der Waals surface area contributed by atoms with Crippen LogP contribution in [0.4, 0.5) is 5.82 Å². The largest absolute Gasteiger partial charge is 0.365 e. The normalized spacial score (nSPS) is 10.6. The van der Waals surface area contributed by atoms with Gasteiger partial charge >= 0.3 is 0 Å². The summed E-state index contributed by atoms with van der Waals surface area (Å²) in [6.45, 7) is 1.53. The van der Waals surface area contributed by atoms with E-state index < -0.39 is 0 Å². The van der Waals surface area contributed by atoms with E-state index in [-0.39, 0.29) is 0 Å². The molecule has 0 spiro atoms. The molecule has 4 rings (SSSR count). The minimum atomic E-state index is 0.700. The quantitative estimate of drug-likeness (QED) is 0.576. The summed E-state index contributed by atoms with van der Waals surface area (Å²) >= 11 is 0. The Labute approximate surface area is 152 Å². The molecule has 1 N–H and O–H groups in total. The predicted octanol–water partition coefficient (Wildman–Crippen LogP) is 4.00. The second-order valence-electron chi connectivity index (χ2n) is 6.03. The van der Waals surface area contributed by atoms with Crippen LogP contribution in [0.1, 0.15) is 11.1 Å². The third kappa shape index (κ3) is 3.78. The molecule has 0 aliphatic carbocycles. The van der Waals surface area contributed by atoms with E-state index in [4.69, 9.17) is 0 Å². The summed E-state index contributed by atoms with van der Waals surface area (Å²) in [6, 6.07) is 17.1. The summed E-state index contributed by atoms with van der Waals surface area (Å²) in [5.74, 6) is 0.776. The molecule has 5 heteroatoms. The predicted molar refractivity (Wildman–Crippen MR) is 103 cm³/mol. The summed E-state index contributed by atoms with van der Waals surface area (Å²) in [5, 5.41) is 3.33. The van der Waals surface area contributed by atoms with Gasteiger partial charge in [-0.1, -0.05) is 48.5 Å². The zero-order valence-corrected chi connectivity index (χ0v) is 14.3. The highest BCUT2D eigenvalue weighted by atomic mass is 15.0. The van der Waals surface area contributed by atoms with E-state index in [9.17, 15) is 0 Å². The Morgan fingerprint density at radius 3 is 2.54 bits per heavy atom. The van der Waals surface area contributed by atoms with Crippen LogP contribution in [0.15, 0.2) is 85.8 Å². The van der Waals surface area contributed by atoms with Gasteiger partial charge in [0.15, 0.2) is 0 Å². The molecule has 5 nitrogen and oxygen atoms in total. The number of rotatable bonds is 6. The average molecular weight is 341 g/mol. The molecule has 0 unspecified atom stereocenters. The number of benzene rings is 2. The molecule has 0 aliphatic rings. The fraction of sp³-hybridized carbons (Fsp3) is 0.0952. The lowest BCUT2D eigenvalue weighted by atomic mass is 9.98. The van der Waals surface area contributed by atoms with Crippen molar-refractivity contribution in [3.63, 3.8) is 0 Å². The van der Waals surface area contributed by atoms with Crippen molar-refractivity contribution < 1.29 is 0 Å². The molecule has 2 aromatic carbocycles. The molecule has 26 heavy (non-hydrogen) atoms. The van der Waals surface area contributed by atoms with Crippen LogP contribution in [-0.4, -0.2) is 19.5 Å². The molecular weight excluding hydrogens is 322 g/mol. The van der Waals surface area contributed by atoms with Crippen molar-refractivity contribution >= 4 is 5.82 Å². The van der Waals surface area contributed by atoms with Gasteiger partial charge in [-0.15, -0.1) is 0 Å². The Morgan fingerprint density at radius 1 is 0.885 bits per heavy atom. The van der Waals surface area contributed by atoms with Crippen molar-refractivity contribution in [2.75, 3.05) is 5.32 Å². The van der Waals surface area contributed by atoms with Gasteiger partial charge in [0.1, 0.15) is 5.82 Å². The fourth-order valence-electron chi connectivity index (χ4n) is 2.91. The highest BCUT2D eigenvalue weighted by molar-refractivity contribution is 5.68. The Hall–Kier alpha value is -3.47. The van der Waals surface area contributed by atoms with E-state index in [1.165, 1.54) is 22.3 Å². The van der Waals surface area contributed by atoms with Crippen LogP contribution < -0.4 is 5.32 Å². The highest BCUT2D eigenvalue weighted by Crippen LogP contribution is 2.25. The van der Waals surface area contributed by atoms with Crippen LogP contribution in [0, 0.1) is 0 Å². The first-order chi connectivity index (χ1) is 12.9. The molecule has 128 valence electrons. The van der Waals surface area contributed by atoms with Gasteiger partial charge < -0.3 is 9.88 Å². The van der Waals surface area contributed by atoms with Gasteiger partial charge in [0.05, 0.1) is 12.5 Å². The van der Waals surface area contributed by atoms with Crippen molar-refractivity contribution in [3.8, 4) is 11.1 Å². The monoisotopic (exact) mass is 341 g/mol. The van der Waals surface area contributed by atoms with Gasteiger partial charge in [0.25, 0.3) is 0 Å². The van der Waals surface area contributed by atoms with Crippen molar-refractivity contribution in [2.24, 2.45) is 0 Å². The second kappa shape index (κ2) is 7.61. The zero-order chi connectivity index (χ0) is 17.6. The Morgan fingerprint density at radius 2 is 1.77 bits per heavy atom. The van der Waals surface area contributed by atoms with Crippen molar-refractivity contribution in [1.29, 1.82) is 0 Å². The van der Waals surface area contributed by atoms with Crippen LogP contribution in [0.25, 0.3) is 11.1 Å². The number of anilines is 1. The van der Waals surface area contributed by atoms with Crippen molar-refractivity contribution in [1.82, 2.24) is 19.5 Å². The minimum Gasteiger partial charge on any atom is -0.365 e. The summed E-state index contributed by atoms with van der Waals surface area (Å²) < 4.78 is 2.06. The number of nitrogens with one attached hydrogen (secondary N) is 1. The first-order valence-corrected chi connectivity index (χ1v) is 8.51. The van der Waals surface area contributed by atoms with Crippen LogP contribution in [0.3, 0.4) is 0 Å². The van der Waals surface area contributed by atoms with Gasteiger partial charge in [-0.3, -0.25) is 4.98 Å². The molecule has 4 aromatic rings. The molecule has 0 saturated carbocycles. The van der Waals surface area contributed by atoms with Crippen LogP contribution >= 0.6 is 0 Å². The van der Waals surface area contributed by atoms with Crippen LogP contribution in [0.5, 0.6) is 0 Å². The van der Waals surface area contributed by atoms with E-state index in [0.717, 1.165) is 12.4 Å². The number of hydrogen-bond donors (Lipinski definition) is 1. The van der Waals surface area contributed by atoms with Crippen LogP contribution in [-0.2, 0) is 13.1 Å². The van der Waals surface area contributed by atoms with Gasteiger partial charge in [-0.25, -0.2) is 9.97 Å². The topological polar surface area (TPSA) is 55.6 Å². The standard InChI is InChI=1S/C21H19N5/c1-2-4-20(19(3-1)13-25-21-14-22-9-10-24-21)18-7-5-17(6-8-18)15-26-12-11-23-16-26/h1-12,14,16H,13,15H2,(H,24,25). The third-order valence-electron chi connectivity index (χ3n) is 4.23. The molecule has 0 radical (unpaired) electrons. The molecule has 0 fully saturated rings. The lowest BCUT2D eigenvalue weighted by Crippen LogP contribution is -2.03. The van der Waals surface area contributed by atoms with E-state index in [1.54, 1.807) is 24.8 Å². The molecule has 0 bridgehead atoms. The lowest BCUT2D eigenvalue weighted by molar-refractivity contribution is 0.797. The number of hydrogen-bond acceptors (Lipinski definition) is 4. The fourth-order valence-corrected chi connectivity index (χ4v) is 2.91. The SMILES string of the molecule is c1ccc(-c2ccc(Cn3ccnc3)cc2)c(CNc2cnccn2)c1. The lowest BCUT2D eigenvalue weighted by Gasteiger charge is -2.12. The van der Waals surface area contributed by atoms with Crippen molar-refractivity contribution in [2.45, 2.75) is 13.1 Å². The third-order valence-corrected chi connectivity index (χ3v) is 4.23. The first-order valence-electron chi connectivity index (χ1n) is 8.51. The summed E-state index contributed by atoms with van der Waals surface area (Å²) in [4.78, 5) is 12.4. The molecule has 0 atom stereocenters. The Bertz CT molecular complexity index is 947. The maximum absolute atomic E-state index is 4.26.